The van der Waals surface area contributed by atoms with Crippen molar-refractivity contribution in [1.82, 2.24) is 4.90 Å². The van der Waals surface area contributed by atoms with Crippen molar-refractivity contribution in [2.45, 2.75) is 192 Å². The van der Waals surface area contributed by atoms with Gasteiger partial charge in [-0.3, -0.25) is 4.79 Å². The van der Waals surface area contributed by atoms with Crippen LogP contribution in [-0.2, 0) is 60.6 Å². The molecule has 18 atom stereocenters. The summed E-state index contributed by atoms with van der Waals surface area (Å²) in [5, 5.41) is 61.8. The van der Waals surface area contributed by atoms with E-state index in [1.807, 2.05) is 36.4 Å². The summed E-state index contributed by atoms with van der Waals surface area (Å²) in [7, 11) is 2.95. The van der Waals surface area contributed by atoms with Gasteiger partial charge in [-0.15, -0.1) is 0 Å². The topological polar surface area (TPSA) is 251 Å². The van der Waals surface area contributed by atoms with Gasteiger partial charge in [0.15, 0.2) is 18.7 Å². The van der Waals surface area contributed by atoms with Crippen molar-refractivity contribution >= 4 is 23.9 Å². The van der Waals surface area contributed by atoms with Crippen LogP contribution in [-0.4, -0.2) is 153 Å². The second-order valence-electron chi connectivity index (χ2n) is 20.4. The SMILES string of the molecule is CC[C@H]1OC(=O)[C@H](C)[C@@H](O[C@H]2C[C@@](C)(OC)[C@@H](O)[C@H](C)O2)[C@H](C)[C@@H](O[C@@H]2O[C@H](C)C[C@H](N(C)C(=O)OCc3ccccc3)[C@H]2OC(=O)OCc2ccccc2)[C@](C)(O)C[C@@H](C)/C(=N\O)[C@H](C)[C@@H](O)[C@]1(C)O. The molecule has 0 aromatic heterocycles. The molecule has 2 aromatic carbocycles. The van der Waals surface area contributed by atoms with Crippen LogP contribution in [0.2, 0.25) is 0 Å². The van der Waals surface area contributed by atoms with Gasteiger partial charge in [-0.1, -0.05) is 93.5 Å². The van der Waals surface area contributed by atoms with Gasteiger partial charge < -0.3 is 73.2 Å². The maximum Gasteiger partial charge on any atom is 0.509 e. The average molecular weight is 1000 g/mol. The number of hydrogen-bond acceptors (Lipinski definition) is 18. The average Bonchev–Trinajstić information content (AvgIpc) is 3.34. The molecule has 0 bridgehead atoms. The number of methoxy groups -OCH3 is 1. The predicted molar refractivity (Wildman–Crippen MR) is 257 cm³/mol. The zero-order valence-electron chi connectivity index (χ0n) is 43.2. The van der Waals surface area contributed by atoms with E-state index in [4.69, 9.17) is 42.6 Å². The van der Waals surface area contributed by atoms with Crippen LogP contribution >= 0.6 is 0 Å². The minimum absolute atomic E-state index is 0.00426. The molecule has 19 heteroatoms. The number of ether oxygens (including phenoxy) is 9. The van der Waals surface area contributed by atoms with Crippen LogP contribution in [0.1, 0.15) is 106 Å². The highest BCUT2D eigenvalue weighted by Crippen LogP contribution is 2.41. The third-order valence-corrected chi connectivity index (χ3v) is 14.7. The lowest BCUT2D eigenvalue weighted by Gasteiger charge is -2.49. The van der Waals surface area contributed by atoms with Gasteiger partial charge in [-0.2, -0.15) is 0 Å². The molecule has 3 saturated heterocycles. The molecule has 3 aliphatic rings. The first kappa shape index (κ1) is 57.5. The summed E-state index contributed by atoms with van der Waals surface area (Å²) in [6.07, 6.45) is -14.0. The van der Waals surface area contributed by atoms with Crippen molar-refractivity contribution in [1.29, 1.82) is 0 Å². The van der Waals surface area contributed by atoms with Crippen molar-refractivity contribution in [2.75, 3.05) is 14.2 Å². The predicted octanol–water partition coefficient (Wildman–Crippen LogP) is 6.11. The van der Waals surface area contributed by atoms with E-state index in [1.165, 1.54) is 32.9 Å². The molecule has 3 fully saturated rings. The number of rotatable bonds is 12. The molecule has 398 valence electrons. The van der Waals surface area contributed by atoms with Crippen molar-refractivity contribution in [3.63, 3.8) is 0 Å². The number of nitrogens with zero attached hydrogens (tertiary/aromatic N) is 2. The molecule has 19 nitrogen and oxygen atoms in total. The van der Waals surface area contributed by atoms with Gasteiger partial charge in [0.05, 0.1) is 59.4 Å². The Morgan fingerprint density at radius 2 is 1.41 bits per heavy atom. The summed E-state index contributed by atoms with van der Waals surface area (Å²) < 4.78 is 55.7. The lowest BCUT2D eigenvalue weighted by molar-refractivity contribution is -0.318. The number of cyclic esters (lactones) is 1. The Balaban J connectivity index is 1.62. The first-order valence-electron chi connectivity index (χ1n) is 24.6. The van der Waals surface area contributed by atoms with Crippen LogP contribution in [0.3, 0.4) is 0 Å². The van der Waals surface area contributed by atoms with E-state index in [0.717, 1.165) is 5.56 Å². The van der Waals surface area contributed by atoms with E-state index in [2.05, 4.69) is 5.16 Å². The molecule has 0 spiro atoms. The fourth-order valence-electron chi connectivity index (χ4n) is 10.4. The molecule has 0 radical (unpaired) electrons. The number of aliphatic hydroxyl groups is 4. The number of amides is 1. The number of oxime groups is 1. The van der Waals surface area contributed by atoms with E-state index in [0.29, 0.717) is 5.56 Å². The van der Waals surface area contributed by atoms with Gasteiger partial charge in [-0.25, -0.2) is 9.59 Å². The number of likely N-dealkylation sites (N-methyl/N-ethyl adjacent to an activating group) is 1. The number of aliphatic hydroxyl groups excluding tert-OH is 2. The van der Waals surface area contributed by atoms with E-state index < -0.39 is 126 Å². The summed E-state index contributed by atoms with van der Waals surface area (Å²) in [5.74, 6) is -4.93. The number of hydrogen-bond donors (Lipinski definition) is 5. The summed E-state index contributed by atoms with van der Waals surface area (Å²) in [6, 6.07) is 17.1. The summed E-state index contributed by atoms with van der Waals surface area (Å²) in [6.45, 7) is 15.9. The molecule has 0 saturated carbocycles. The monoisotopic (exact) mass is 1000 g/mol. The summed E-state index contributed by atoms with van der Waals surface area (Å²) in [5.41, 5.74) is -3.75. The molecule has 5 N–H and O–H groups in total. The number of carbonyl (C=O) groups is 3. The van der Waals surface area contributed by atoms with Crippen LogP contribution in [0.4, 0.5) is 9.59 Å². The highest BCUT2D eigenvalue weighted by molar-refractivity contribution is 5.88. The Morgan fingerprint density at radius 1 is 0.817 bits per heavy atom. The van der Waals surface area contributed by atoms with E-state index in [-0.39, 0.29) is 44.6 Å². The molecule has 71 heavy (non-hydrogen) atoms. The fourth-order valence-corrected chi connectivity index (χ4v) is 10.4. The number of benzene rings is 2. The zero-order chi connectivity index (χ0) is 52.6. The minimum Gasteiger partial charge on any atom is -0.459 e. The smallest absolute Gasteiger partial charge is 0.459 e. The second-order valence-corrected chi connectivity index (χ2v) is 20.4. The standard InChI is InChI=1S/C52H78N2O17/c1-13-38-52(10,61)43(55)31(4)40(53-62)29(2)25-50(8,60)45(32(5)41(33(6)46(57)68-38)69-39-26-51(9,63-12)44(56)34(7)67-39)71-47-42(70-49(59)65-28-36-22-18-15-19-23-36)37(24-30(3)66-47)54(11)48(58)64-27-35-20-16-14-17-21-35/h14-23,29-34,37-39,41-45,47,55-56,60-62H,13,24-28H2,1-12H3/b53-40+/t29-,30-,31+,32+,33-,34+,37+,38-,39+,41+,42-,43-,44+,45-,47+,50-,51-,52-/m1/s1. The Hall–Kier alpha value is -4.44. The van der Waals surface area contributed by atoms with E-state index >= 15 is 0 Å². The minimum atomic E-state index is -2.05. The first-order chi connectivity index (χ1) is 33.4. The van der Waals surface area contributed by atoms with E-state index in [9.17, 15) is 40.0 Å². The van der Waals surface area contributed by atoms with Crippen molar-refractivity contribution in [3.05, 3.63) is 71.8 Å². The molecule has 0 unspecified atom stereocenters. The Bertz CT molecular complexity index is 2060. The summed E-state index contributed by atoms with van der Waals surface area (Å²) in [4.78, 5) is 43.5. The zero-order valence-corrected chi connectivity index (χ0v) is 43.2. The van der Waals surface area contributed by atoms with Gasteiger partial charge in [0.1, 0.15) is 31.0 Å². The van der Waals surface area contributed by atoms with Crippen molar-refractivity contribution < 1.29 is 82.6 Å². The second kappa shape index (κ2) is 24.5. The number of carbonyl (C=O) groups excluding carboxylic acids is 3. The molecular weight excluding hydrogens is 925 g/mol. The number of esters is 1. The maximum atomic E-state index is 14.6. The lowest BCUT2D eigenvalue weighted by atomic mass is 9.73. The molecular formula is C52H78N2O17. The molecule has 2 aromatic rings. The van der Waals surface area contributed by atoms with Crippen LogP contribution in [0.5, 0.6) is 0 Å². The van der Waals surface area contributed by atoms with Crippen LogP contribution in [0, 0.1) is 23.7 Å². The van der Waals surface area contributed by atoms with Gasteiger partial charge in [0, 0.05) is 38.3 Å². The Kier molecular flexibility index (Phi) is 19.8. The third-order valence-electron chi connectivity index (χ3n) is 14.7. The van der Waals surface area contributed by atoms with Gasteiger partial charge >= 0.3 is 18.2 Å². The fraction of sp³-hybridized carbons (Fsp3) is 0.692. The maximum absolute atomic E-state index is 14.6. The third kappa shape index (κ3) is 13.8. The van der Waals surface area contributed by atoms with Crippen LogP contribution in [0.15, 0.2) is 65.8 Å². The first-order valence-corrected chi connectivity index (χ1v) is 24.6. The molecule has 3 heterocycles. The van der Waals surface area contributed by atoms with Crippen molar-refractivity contribution in [3.8, 4) is 0 Å². The van der Waals surface area contributed by atoms with Gasteiger partial charge in [0.2, 0.25) is 0 Å². The van der Waals surface area contributed by atoms with Crippen molar-refractivity contribution in [2.24, 2.45) is 28.8 Å². The molecule has 3 aliphatic heterocycles. The summed E-state index contributed by atoms with van der Waals surface area (Å²) >= 11 is 0. The molecule has 1 amide bonds. The normalized spacial score (nSPS) is 39.1. The molecule has 5 rings (SSSR count). The molecule has 0 aliphatic carbocycles. The quantitative estimate of drug-likeness (QED) is 0.0696. The van der Waals surface area contributed by atoms with Crippen LogP contribution < -0.4 is 0 Å². The van der Waals surface area contributed by atoms with Gasteiger partial charge in [-0.05, 0) is 71.9 Å². The van der Waals surface area contributed by atoms with E-state index in [1.54, 1.807) is 79.7 Å². The Labute approximate surface area is 417 Å². The largest absolute Gasteiger partial charge is 0.509 e. The highest BCUT2D eigenvalue weighted by Gasteiger charge is 2.54. The highest BCUT2D eigenvalue weighted by atomic mass is 16.8. The Morgan fingerprint density at radius 3 is 1.97 bits per heavy atom. The van der Waals surface area contributed by atoms with Gasteiger partial charge in [0.25, 0.3) is 0 Å². The van der Waals surface area contributed by atoms with Crippen LogP contribution in [0.25, 0.3) is 0 Å². The lowest BCUT2D eigenvalue weighted by Crippen LogP contribution is -2.62.